The third-order valence-corrected chi connectivity index (χ3v) is 3.97. The summed E-state index contributed by atoms with van der Waals surface area (Å²) in [7, 11) is -3.57. The van der Waals surface area contributed by atoms with Crippen molar-refractivity contribution in [1.82, 2.24) is 4.72 Å². The van der Waals surface area contributed by atoms with Crippen LogP contribution >= 0.6 is 0 Å². The largest absolute Gasteiger partial charge is 0.395 e. The second kappa shape index (κ2) is 6.60. The minimum atomic E-state index is -3.57. The highest BCUT2D eigenvalue weighted by Crippen LogP contribution is 2.13. The summed E-state index contributed by atoms with van der Waals surface area (Å²) in [4.78, 5) is 9.92. The highest BCUT2D eigenvalue weighted by atomic mass is 32.2. The monoisotopic (exact) mass is 288 g/mol. The molecule has 0 aromatic heterocycles. The van der Waals surface area contributed by atoms with Crippen LogP contribution in [0.3, 0.4) is 0 Å². The Balaban J connectivity index is 2.75. The third-order valence-electron chi connectivity index (χ3n) is 2.56. The number of hydrogen-bond acceptors (Lipinski definition) is 5. The van der Waals surface area contributed by atoms with E-state index in [1.54, 1.807) is 6.92 Å². The van der Waals surface area contributed by atoms with E-state index in [4.69, 9.17) is 5.11 Å². The van der Waals surface area contributed by atoms with Gasteiger partial charge in [0.1, 0.15) is 0 Å². The Morgan fingerprint density at radius 1 is 1.37 bits per heavy atom. The average Bonchev–Trinajstić information content (AvgIpc) is 2.36. The average molecular weight is 288 g/mol. The minimum Gasteiger partial charge on any atom is -0.395 e. The fourth-order valence-corrected chi connectivity index (χ4v) is 2.94. The van der Waals surface area contributed by atoms with Gasteiger partial charge in [0.25, 0.3) is 5.69 Å². The van der Waals surface area contributed by atoms with Crippen LogP contribution in [-0.4, -0.2) is 31.1 Å². The molecule has 1 rings (SSSR count). The summed E-state index contributed by atoms with van der Waals surface area (Å²) >= 11 is 0. The Bertz CT molecular complexity index is 523. The van der Waals surface area contributed by atoms with Gasteiger partial charge in [-0.15, -0.1) is 0 Å². The van der Waals surface area contributed by atoms with E-state index in [9.17, 15) is 18.5 Å². The first-order chi connectivity index (χ1) is 8.88. The Morgan fingerprint density at radius 3 is 2.37 bits per heavy atom. The maximum atomic E-state index is 11.8. The van der Waals surface area contributed by atoms with Crippen molar-refractivity contribution in [3.8, 4) is 0 Å². The molecule has 0 aliphatic rings. The molecule has 0 saturated heterocycles. The van der Waals surface area contributed by atoms with Crippen LogP contribution in [0.1, 0.15) is 18.9 Å². The number of nitro benzene ring substituents is 1. The lowest BCUT2D eigenvalue weighted by molar-refractivity contribution is -0.384. The van der Waals surface area contributed by atoms with Gasteiger partial charge in [0.05, 0.1) is 17.3 Å². The Labute approximate surface area is 111 Å². The van der Waals surface area contributed by atoms with Gasteiger partial charge < -0.3 is 5.11 Å². The van der Waals surface area contributed by atoms with E-state index in [1.807, 2.05) is 0 Å². The van der Waals surface area contributed by atoms with Crippen LogP contribution in [0.4, 0.5) is 5.69 Å². The van der Waals surface area contributed by atoms with Crippen molar-refractivity contribution < 1.29 is 18.4 Å². The molecule has 1 aromatic rings. The quantitative estimate of drug-likeness (QED) is 0.569. The summed E-state index contributed by atoms with van der Waals surface area (Å²) in [6.07, 6.45) is 0.482. The van der Waals surface area contributed by atoms with E-state index in [0.717, 1.165) is 0 Å². The maximum absolute atomic E-state index is 11.8. The first kappa shape index (κ1) is 15.5. The number of nitrogens with one attached hydrogen (secondary N) is 1. The summed E-state index contributed by atoms with van der Waals surface area (Å²) in [6.45, 7) is 1.49. The van der Waals surface area contributed by atoms with Crippen molar-refractivity contribution >= 4 is 15.7 Å². The van der Waals surface area contributed by atoms with Gasteiger partial charge in [0.15, 0.2) is 0 Å². The summed E-state index contributed by atoms with van der Waals surface area (Å²) in [5, 5.41) is 19.4. The predicted octanol–water partition coefficient (Wildman–Crippen LogP) is 0.785. The highest BCUT2D eigenvalue weighted by Gasteiger charge is 2.17. The number of nitro groups is 1. The lowest BCUT2D eigenvalue weighted by Gasteiger charge is -2.14. The zero-order chi connectivity index (χ0) is 14.5. The van der Waals surface area contributed by atoms with Gasteiger partial charge in [0.2, 0.25) is 10.0 Å². The maximum Gasteiger partial charge on any atom is 0.269 e. The van der Waals surface area contributed by atoms with E-state index in [1.165, 1.54) is 24.3 Å². The molecule has 0 unspecified atom stereocenters. The summed E-state index contributed by atoms with van der Waals surface area (Å²) < 4.78 is 25.9. The first-order valence-corrected chi connectivity index (χ1v) is 7.37. The lowest BCUT2D eigenvalue weighted by atomic mass is 10.2. The molecule has 8 heteroatoms. The van der Waals surface area contributed by atoms with Crippen LogP contribution in [0.25, 0.3) is 0 Å². The number of sulfonamides is 1. The van der Waals surface area contributed by atoms with Crippen molar-refractivity contribution in [1.29, 1.82) is 0 Å². The Kier molecular flexibility index (Phi) is 5.40. The van der Waals surface area contributed by atoms with Crippen molar-refractivity contribution in [3.05, 3.63) is 39.9 Å². The molecule has 0 radical (unpaired) electrons. The van der Waals surface area contributed by atoms with Crippen LogP contribution in [0, 0.1) is 10.1 Å². The summed E-state index contributed by atoms with van der Waals surface area (Å²) in [5.41, 5.74) is 0.363. The van der Waals surface area contributed by atoms with E-state index in [-0.39, 0.29) is 18.0 Å². The molecule has 0 saturated carbocycles. The lowest BCUT2D eigenvalue weighted by Crippen LogP contribution is -2.37. The Morgan fingerprint density at radius 2 is 1.95 bits per heavy atom. The van der Waals surface area contributed by atoms with E-state index in [0.29, 0.717) is 12.0 Å². The second-order valence-corrected chi connectivity index (χ2v) is 5.84. The van der Waals surface area contributed by atoms with Gasteiger partial charge >= 0.3 is 0 Å². The van der Waals surface area contributed by atoms with Gasteiger partial charge in [-0.25, -0.2) is 13.1 Å². The molecule has 0 bridgehead atoms. The first-order valence-electron chi connectivity index (χ1n) is 5.72. The molecule has 7 nitrogen and oxygen atoms in total. The zero-order valence-electron chi connectivity index (χ0n) is 10.4. The zero-order valence-corrected chi connectivity index (χ0v) is 11.3. The van der Waals surface area contributed by atoms with Crippen LogP contribution in [-0.2, 0) is 15.8 Å². The molecule has 0 fully saturated rings. The molecule has 0 aliphatic carbocycles. The number of hydrogen-bond donors (Lipinski definition) is 2. The molecular formula is C11H16N2O5S. The number of aliphatic hydroxyl groups is 1. The van der Waals surface area contributed by atoms with E-state index < -0.39 is 21.0 Å². The Hall–Kier alpha value is -1.51. The molecule has 1 atom stereocenters. The summed E-state index contributed by atoms with van der Waals surface area (Å²) in [5.74, 6) is -0.276. The van der Waals surface area contributed by atoms with Crippen LogP contribution < -0.4 is 4.72 Å². The summed E-state index contributed by atoms with van der Waals surface area (Å²) in [6, 6.07) is 4.81. The smallest absolute Gasteiger partial charge is 0.269 e. The minimum absolute atomic E-state index is 0.0871. The molecule has 2 N–H and O–H groups in total. The van der Waals surface area contributed by atoms with E-state index in [2.05, 4.69) is 4.72 Å². The number of non-ortho nitro benzene ring substituents is 1. The van der Waals surface area contributed by atoms with Gasteiger partial charge in [-0.1, -0.05) is 19.1 Å². The fourth-order valence-electron chi connectivity index (χ4n) is 1.48. The van der Waals surface area contributed by atoms with Crippen molar-refractivity contribution in [2.45, 2.75) is 25.1 Å². The standard InChI is InChI=1S/C11H16N2O5S/c1-2-10(7-14)12-19(17,18)8-9-3-5-11(6-4-9)13(15)16/h3-6,10,12,14H,2,7-8H2,1H3/t10-/m0/s1. The number of rotatable bonds is 7. The molecular weight excluding hydrogens is 272 g/mol. The van der Waals surface area contributed by atoms with Gasteiger partial charge in [-0.05, 0) is 12.0 Å². The molecule has 0 heterocycles. The van der Waals surface area contributed by atoms with Gasteiger partial charge in [-0.3, -0.25) is 10.1 Å². The predicted molar refractivity (Wildman–Crippen MR) is 70.0 cm³/mol. The SMILES string of the molecule is CC[C@@H](CO)NS(=O)(=O)Cc1ccc([N+](=O)[O-])cc1. The highest BCUT2D eigenvalue weighted by molar-refractivity contribution is 7.88. The molecule has 1 aromatic carbocycles. The van der Waals surface area contributed by atoms with E-state index >= 15 is 0 Å². The number of benzene rings is 1. The van der Waals surface area contributed by atoms with Crippen molar-refractivity contribution in [3.63, 3.8) is 0 Å². The molecule has 0 aliphatic heterocycles. The van der Waals surface area contributed by atoms with Crippen LogP contribution in [0.5, 0.6) is 0 Å². The van der Waals surface area contributed by atoms with Gasteiger partial charge in [-0.2, -0.15) is 0 Å². The third kappa shape index (κ3) is 4.93. The molecule has 0 amide bonds. The molecule has 0 spiro atoms. The van der Waals surface area contributed by atoms with Crippen LogP contribution in [0.2, 0.25) is 0 Å². The molecule has 106 valence electrons. The second-order valence-electron chi connectivity index (χ2n) is 4.09. The fraction of sp³-hybridized carbons (Fsp3) is 0.455. The number of aliphatic hydroxyl groups excluding tert-OH is 1. The topological polar surface area (TPSA) is 110 Å². The number of nitrogens with zero attached hydrogens (tertiary/aromatic N) is 1. The van der Waals surface area contributed by atoms with Crippen molar-refractivity contribution in [2.24, 2.45) is 0 Å². The van der Waals surface area contributed by atoms with Crippen molar-refractivity contribution in [2.75, 3.05) is 6.61 Å². The van der Waals surface area contributed by atoms with Crippen LogP contribution in [0.15, 0.2) is 24.3 Å². The molecule has 19 heavy (non-hydrogen) atoms. The van der Waals surface area contributed by atoms with Gasteiger partial charge in [0, 0.05) is 18.2 Å². The normalized spacial score (nSPS) is 13.2.